The molecule has 1 aromatic carbocycles. The minimum absolute atomic E-state index is 0.113. The molecule has 0 aromatic heterocycles. The molecule has 3 aliphatic heterocycles. The molecule has 8 heteroatoms. The molecule has 4 rings (SSSR count). The van der Waals surface area contributed by atoms with E-state index in [1.165, 1.54) is 6.92 Å². The van der Waals surface area contributed by atoms with Gasteiger partial charge in [-0.15, -0.1) is 0 Å². The number of nitrogens with two attached hydrogens (primary N) is 1. The number of nitriles is 1. The molecule has 1 unspecified atom stereocenters. The molecule has 148 valence electrons. The number of carbonyl (C=O) groups is 1. The van der Waals surface area contributed by atoms with Crippen molar-refractivity contribution in [3.63, 3.8) is 0 Å². The molecule has 1 aromatic rings. The van der Waals surface area contributed by atoms with Gasteiger partial charge in [0.15, 0.2) is 5.41 Å². The van der Waals surface area contributed by atoms with Crippen molar-refractivity contribution in [1.82, 2.24) is 4.90 Å². The number of hydrogen-bond donors (Lipinski definition) is 1. The van der Waals surface area contributed by atoms with Crippen LogP contribution in [0.25, 0.3) is 5.76 Å². The van der Waals surface area contributed by atoms with Crippen LogP contribution in [0.4, 0.5) is 0 Å². The fraction of sp³-hybridized carbons (Fsp3) is 0.333. The van der Waals surface area contributed by atoms with Gasteiger partial charge < -0.3 is 20.1 Å². The normalized spacial score (nSPS) is 25.5. The zero-order chi connectivity index (χ0) is 20.6. The van der Waals surface area contributed by atoms with Crippen LogP contribution in [0.3, 0.4) is 0 Å². The van der Waals surface area contributed by atoms with Gasteiger partial charge in [0, 0.05) is 25.6 Å². The van der Waals surface area contributed by atoms with Crippen molar-refractivity contribution in [2.75, 3.05) is 26.3 Å². The van der Waals surface area contributed by atoms with Crippen LogP contribution < -0.4 is 5.73 Å². The Morgan fingerprint density at radius 1 is 1.31 bits per heavy atom. The molecule has 1 saturated heterocycles. The minimum Gasteiger partial charge on any atom is -0.440 e. The Balaban J connectivity index is 1.98. The first-order valence-electron chi connectivity index (χ1n) is 9.36. The number of ether oxygens (including phenoxy) is 2. The van der Waals surface area contributed by atoms with E-state index in [1.54, 1.807) is 0 Å². The summed E-state index contributed by atoms with van der Waals surface area (Å²) in [6.07, 6.45) is 0. The Morgan fingerprint density at radius 3 is 2.62 bits per heavy atom. The predicted molar refractivity (Wildman–Crippen MR) is 107 cm³/mol. The third-order valence-corrected chi connectivity index (χ3v) is 5.33. The minimum atomic E-state index is -1.22. The summed E-state index contributed by atoms with van der Waals surface area (Å²) in [4.78, 5) is 22.7. The molecule has 1 fully saturated rings. The molecule has 1 spiro atoms. The van der Waals surface area contributed by atoms with Crippen LogP contribution in [-0.2, 0) is 14.3 Å². The zero-order valence-corrected chi connectivity index (χ0v) is 16.3. The van der Waals surface area contributed by atoms with Crippen LogP contribution in [0.1, 0.15) is 19.4 Å². The van der Waals surface area contributed by atoms with Crippen molar-refractivity contribution in [2.24, 2.45) is 21.1 Å². The monoisotopic (exact) mass is 391 g/mol. The Bertz CT molecular complexity index is 1030. The highest BCUT2D eigenvalue weighted by molar-refractivity contribution is 6.22. The molecule has 3 aliphatic rings. The molecule has 0 radical (unpaired) electrons. The van der Waals surface area contributed by atoms with Crippen molar-refractivity contribution < 1.29 is 14.3 Å². The SMILES string of the molecule is CC(=O)N=C1OC(c2ccccc2)=C(C)C12C(N1CCOCC1)=NC(N)=C2C#N. The number of carbonyl (C=O) groups excluding carboxylic acids is 1. The molecule has 1 amide bonds. The molecular formula is C21H21N5O3. The van der Waals surface area contributed by atoms with Crippen LogP contribution in [0.2, 0.25) is 0 Å². The van der Waals surface area contributed by atoms with Gasteiger partial charge in [-0.3, -0.25) is 4.79 Å². The third kappa shape index (κ3) is 2.82. The predicted octanol–water partition coefficient (Wildman–Crippen LogP) is 1.82. The zero-order valence-electron chi connectivity index (χ0n) is 16.3. The molecule has 0 saturated carbocycles. The Hall–Kier alpha value is -3.44. The highest BCUT2D eigenvalue weighted by Crippen LogP contribution is 2.52. The summed E-state index contributed by atoms with van der Waals surface area (Å²) in [6.45, 7) is 5.47. The van der Waals surface area contributed by atoms with Gasteiger partial charge in [0.25, 0.3) is 0 Å². The van der Waals surface area contributed by atoms with Crippen LogP contribution in [0, 0.1) is 16.7 Å². The summed E-state index contributed by atoms with van der Waals surface area (Å²) in [5.74, 6) is 0.906. The van der Waals surface area contributed by atoms with Crippen molar-refractivity contribution >= 4 is 23.4 Å². The maximum absolute atomic E-state index is 12.0. The summed E-state index contributed by atoms with van der Waals surface area (Å²) in [7, 11) is 0. The lowest BCUT2D eigenvalue weighted by Gasteiger charge is -2.36. The van der Waals surface area contributed by atoms with Gasteiger partial charge >= 0.3 is 0 Å². The first-order valence-corrected chi connectivity index (χ1v) is 9.36. The smallest absolute Gasteiger partial charge is 0.245 e. The second-order valence-corrected chi connectivity index (χ2v) is 7.02. The number of aliphatic imine (C=N–C) groups is 2. The number of hydrogen-bond acceptors (Lipinski definition) is 7. The van der Waals surface area contributed by atoms with Crippen LogP contribution in [-0.4, -0.2) is 48.8 Å². The molecule has 0 aliphatic carbocycles. The molecule has 8 nitrogen and oxygen atoms in total. The van der Waals surface area contributed by atoms with E-state index in [0.29, 0.717) is 37.9 Å². The highest BCUT2D eigenvalue weighted by atomic mass is 16.5. The summed E-state index contributed by atoms with van der Waals surface area (Å²) >= 11 is 0. The van der Waals surface area contributed by atoms with E-state index < -0.39 is 11.3 Å². The number of nitrogens with zero attached hydrogens (tertiary/aromatic N) is 4. The standard InChI is InChI=1S/C21H21N5O3/c1-13-17(15-6-4-3-5-7-15)29-20(24-14(2)27)21(13)16(12-22)18(23)25-19(21)26-8-10-28-11-9-26/h3-7H,8-11,23H2,1-2H3. The second kappa shape index (κ2) is 7.18. The molecule has 3 heterocycles. The lowest BCUT2D eigenvalue weighted by Crippen LogP contribution is -2.51. The largest absolute Gasteiger partial charge is 0.440 e. The molecule has 29 heavy (non-hydrogen) atoms. The average Bonchev–Trinajstić information content (AvgIpc) is 3.18. The van der Waals surface area contributed by atoms with Gasteiger partial charge in [-0.05, 0) is 12.5 Å². The van der Waals surface area contributed by atoms with Crippen LogP contribution >= 0.6 is 0 Å². The number of morpholine rings is 1. The van der Waals surface area contributed by atoms with E-state index >= 15 is 0 Å². The van der Waals surface area contributed by atoms with E-state index in [4.69, 9.17) is 15.2 Å². The van der Waals surface area contributed by atoms with E-state index in [1.807, 2.05) is 42.2 Å². The average molecular weight is 391 g/mol. The maximum Gasteiger partial charge on any atom is 0.245 e. The van der Waals surface area contributed by atoms with Crippen molar-refractivity contribution in [2.45, 2.75) is 13.8 Å². The van der Waals surface area contributed by atoms with Gasteiger partial charge in [0.2, 0.25) is 11.8 Å². The van der Waals surface area contributed by atoms with Gasteiger partial charge in [-0.2, -0.15) is 10.3 Å². The Morgan fingerprint density at radius 2 is 2.00 bits per heavy atom. The van der Waals surface area contributed by atoms with Gasteiger partial charge in [0.05, 0.1) is 18.8 Å². The third-order valence-electron chi connectivity index (χ3n) is 5.33. The van der Waals surface area contributed by atoms with Crippen LogP contribution in [0.15, 0.2) is 57.3 Å². The van der Waals surface area contributed by atoms with Crippen molar-refractivity contribution in [3.8, 4) is 6.07 Å². The van der Waals surface area contributed by atoms with Crippen molar-refractivity contribution in [1.29, 1.82) is 5.26 Å². The summed E-state index contributed by atoms with van der Waals surface area (Å²) in [6, 6.07) is 11.7. The number of amides is 1. The number of amidine groups is 1. The first kappa shape index (κ1) is 18.9. The van der Waals surface area contributed by atoms with Crippen LogP contribution in [0.5, 0.6) is 0 Å². The first-order chi connectivity index (χ1) is 14.0. The lowest BCUT2D eigenvalue weighted by atomic mass is 9.74. The molecule has 2 N–H and O–H groups in total. The summed E-state index contributed by atoms with van der Waals surface area (Å²) < 4.78 is 11.6. The van der Waals surface area contributed by atoms with Gasteiger partial charge in [-0.25, -0.2) is 4.99 Å². The number of benzene rings is 1. The van der Waals surface area contributed by atoms with Gasteiger partial charge in [0.1, 0.15) is 23.5 Å². The fourth-order valence-electron chi connectivity index (χ4n) is 4.03. The molecule has 0 bridgehead atoms. The Kier molecular flexibility index (Phi) is 4.68. The van der Waals surface area contributed by atoms with E-state index in [2.05, 4.69) is 16.1 Å². The fourth-order valence-corrected chi connectivity index (χ4v) is 4.03. The lowest BCUT2D eigenvalue weighted by molar-refractivity contribution is -0.115. The maximum atomic E-state index is 12.0. The van der Waals surface area contributed by atoms with Crippen molar-refractivity contribution in [3.05, 3.63) is 52.9 Å². The van der Waals surface area contributed by atoms with E-state index in [9.17, 15) is 10.1 Å². The summed E-state index contributed by atoms with van der Waals surface area (Å²) in [5, 5.41) is 9.98. The molecule has 1 atom stereocenters. The topological polar surface area (TPSA) is 113 Å². The second-order valence-electron chi connectivity index (χ2n) is 7.02. The molecular weight excluding hydrogens is 370 g/mol. The quantitative estimate of drug-likeness (QED) is 0.781. The summed E-state index contributed by atoms with van der Waals surface area (Å²) in [5.41, 5.74) is 6.73. The number of rotatable bonds is 1. The highest BCUT2D eigenvalue weighted by Gasteiger charge is 2.59. The van der Waals surface area contributed by atoms with E-state index in [0.717, 1.165) is 11.1 Å². The Labute approximate surface area is 168 Å². The van der Waals surface area contributed by atoms with E-state index in [-0.39, 0.29) is 17.3 Å². The van der Waals surface area contributed by atoms with Gasteiger partial charge in [-0.1, -0.05) is 30.3 Å².